The van der Waals surface area contributed by atoms with E-state index in [4.69, 9.17) is 0 Å². The van der Waals surface area contributed by atoms with Crippen LogP contribution in [-0.4, -0.2) is 10.5 Å². The minimum Gasteiger partial charge on any atom is -0.351 e. The third-order valence-electron chi connectivity index (χ3n) is 3.46. The minimum absolute atomic E-state index is 0.0633. The number of carbonyl (C=O) groups is 1. The van der Waals surface area contributed by atoms with Crippen LogP contribution in [0.3, 0.4) is 0 Å². The van der Waals surface area contributed by atoms with Gasteiger partial charge in [0.25, 0.3) is 5.91 Å². The molecule has 1 aromatic carbocycles. The van der Waals surface area contributed by atoms with E-state index in [-0.39, 0.29) is 5.91 Å². The lowest BCUT2D eigenvalue weighted by Crippen LogP contribution is -2.13. The number of halogens is 1. The van der Waals surface area contributed by atoms with Crippen LogP contribution in [0.4, 0.5) is 5.69 Å². The molecule has 0 aliphatic carbocycles. The minimum atomic E-state index is -0.0633. The molecule has 0 aliphatic heterocycles. The van der Waals surface area contributed by atoms with Gasteiger partial charge in [-0.25, -0.2) is 0 Å². The second-order valence-electron chi connectivity index (χ2n) is 4.76. The highest BCUT2D eigenvalue weighted by Gasteiger charge is 2.14. The van der Waals surface area contributed by atoms with Crippen LogP contribution < -0.4 is 5.32 Å². The maximum absolute atomic E-state index is 12.3. The highest BCUT2D eigenvalue weighted by molar-refractivity contribution is 9.10. The third-order valence-corrected chi connectivity index (χ3v) is 3.95. The fourth-order valence-corrected chi connectivity index (χ4v) is 2.52. The Bertz CT molecular complexity index is 644. The molecule has 0 unspecified atom stereocenters. The molecule has 1 amide bonds. The van der Waals surface area contributed by atoms with Crippen molar-refractivity contribution in [2.24, 2.45) is 7.05 Å². The number of anilines is 1. The first kappa shape index (κ1) is 13.9. The van der Waals surface area contributed by atoms with Crippen LogP contribution in [0.15, 0.2) is 28.7 Å². The standard InChI is InChI=1S/C15H17BrN2O/c1-9-7-12(16)5-6-14(9)17-15(19)13-8-10(2)18(4)11(13)3/h5-8H,1-4H3,(H,17,19). The predicted octanol–water partition coefficient (Wildman–Crippen LogP) is 3.97. The summed E-state index contributed by atoms with van der Waals surface area (Å²) in [5.74, 6) is -0.0633. The summed E-state index contributed by atoms with van der Waals surface area (Å²) in [6.07, 6.45) is 0. The van der Waals surface area contributed by atoms with Crippen molar-refractivity contribution in [2.75, 3.05) is 5.32 Å². The summed E-state index contributed by atoms with van der Waals surface area (Å²) in [6, 6.07) is 7.73. The van der Waals surface area contributed by atoms with E-state index in [1.54, 1.807) is 0 Å². The molecule has 1 aromatic heterocycles. The summed E-state index contributed by atoms with van der Waals surface area (Å²) in [7, 11) is 1.96. The summed E-state index contributed by atoms with van der Waals surface area (Å²) >= 11 is 3.42. The number of hydrogen-bond acceptors (Lipinski definition) is 1. The average molecular weight is 321 g/mol. The molecule has 0 aliphatic rings. The molecule has 3 nitrogen and oxygen atoms in total. The van der Waals surface area contributed by atoms with Gasteiger partial charge in [-0.05, 0) is 50.6 Å². The van der Waals surface area contributed by atoms with Gasteiger partial charge in [0.05, 0.1) is 5.56 Å². The first-order valence-electron chi connectivity index (χ1n) is 6.10. The van der Waals surface area contributed by atoms with Gasteiger partial charge < -0.3 is 9.88 Å². The van der Waals surface area contributed by atoms with E-state index in [0.29, 0.717) is 0 Å². The molecule has 2 rings (SSSR count). The van der Waals surface area contributed by atoms with Gasteiger partial charge in [-0.15, -0.1) is 0 Å². The topological polar surface area (TPSA) is 34.0 Å². The van der Waals surface area contributed by atoms with Gasteiger partial charge in [0.15, 0.2) is 0 Å². The Hall–Kier alpha value is -1.55. The van der Waals surface area contributed by atoms with Gasteiger partial charge in [-0.2, -0.15) is 0 Å². The van der Waals surface area contributed by atoms with E-state index in [1.807, 2.05) is 56.7 Å². The number of carbonyl (C=O) groups excluding carboxylic acids is 1. The van der Waals surface area contributed by atoms with Gasteiger partial charge in [0.2, 0.25) is 0 Å². The van der Waals surface area contributed by atoms with E-state index in [9.17, 15) is 4.79 Å². The van der Waals surface area contributed by atoms with Crippen LogP contribution in [0.5, 0.6) is 0 Å². The Balaban J connectivity index is 2.28. The van der Waals surface area contributed by atoms with Crippen molar-refractivity contribution in [3.05, 3.63) is 51.3 Å². The zero-order valence-electron chi connectivity index (χ0n) is 11.5. The largest absolute Gasteiger partial charge is 0.351 e. The lowest BCUT2D eigenvalue weighted by Gasteiger charge is -2.09. The van der Waals surface area contributed by atoms with Crippen molar-refractivity contribution in [3.63, 3.8) is 0 Å². The van der Waals surface area contributed by atoms with E-state index in [1.165, 1.54) is 0 Å². The third kappa shape index (κ3) is 2.73. The summed E-state index contributed by atoms with van der Waals surface area (Å²) in [5, 5.41) is 2.96. The van der Waals surface area contributed by atoms with Crippen LogP contribution in [0.25, 0.3) is 0 Å². The molecular weight excluding hydrogens is 304 g/mol. The average Bonchev–Trinajstić information content (AvgIpc) is 2.60. The molecule has 0 saturated carbocycles. The van der Waals surface area contributed by atoms with Crippen molar-refractivity contribution in [3.8, 4) is 0 Å². The normalized spacial score (nSPS) is 10.6. The van der Waals surface area contributed by atoms with Gasteiger partial charge in [0.1, 0.15) is 0 Å². The fraction of sp³-hybridized carbons (Fsp3) is 0.267. The number of rotatable bonds is 2. The second kappa shape index (κ2) is 5.21. The monoisotopic (exact) mass is 320 g/mol. The molecule has 100 valence electrons. The lowest BCUT2D eigenvalue weighted by molar-refractivity contribution is 0.102. The van der Waals surface area contributed by atoms with E-state index in [2.05, 4.69) is 21.2 Å². The van der Waals surface area contributed by atoms with Crippen molar-refractivity contribution >= 4 is 27.5 Å². The van der Waals surface area contributed by atoms with Gasteiger partial charge in [0, 0.05) is 28.6 Å². The zero-order chi connectivity index (χ0) is 14.2. The van der Waals surface area contributed by atoms with Crippen molar-refractivity contribution in [2.45, 2.75) is 20.8 Å². The first-order chi connectivity index (χ1) is 8.90. The predicted molar refractivity (Wildman–Crippen MR) is 81.7 cm³/mol. The van der Waals surface area contributed by atoms with Crippen molar-refractivity contribution in [1.82, 2.24) is 4.57 Å². The Labute approximate surface area is 121 Å². The van der Waals surface area contributed by atoms with Gasteiger partial charge in [-0.3, -0.25) is 4.79 Å². The maximum Gasteiger partial charge on any atom is 0.257 e. The molecule has 0 atom stereocenters. The van der Waals surface area contributed by atoms with Crippen LogP contribution >= 0.6 is 15.9 Å². The number of aromatic nitrogens is 1. The quantitative estimate of drug-likeness (QED) is 0.892. The Morgan fingerprint density at radius 3 is 2.42 bits per heavy atom. The molecule has 0 fully saturated rings. The lowest BCUT2D eigenvalue weighted by atomic mass is 10.2. The van der Waals surface area contributed by atoms with E-state index < -0.39 is 0 Å². The maximum atomic E-state index is 12.3. The number of benzene rings is 1. The van der Waals surface area contributed by atoms with Gasteiger partial charge >= 0.3 is 0 Å². The molecule has 19 heavy (non-hydrogen) atoms. The highest BCUT2D eigenvalue weighted by atomic mass is 79.9. The summed E-state index contributed by atoms with van der Waals surface area (Å²) in [4.78, 5) is 12.3. The van der Waals surface area contributed by atoms with Crippen molar-refractivity contribution in [1.29, 1.82) is 0 Å². The van der Waals surface area contributed by atoms with Crippen LogP contribution in [0.2, 0.25) is 0 Å². The Morgan fingerprint density at radius 2 is 1.89 bits per heavy atom. The van der Waals surface area contributed by atoms with Gasteiger partial charge in [-0.1, -0.05) is 15.9 Å². The summed E-state index contributed by atoms with van der Waals surface area (Å²) in [5.41, 5.74) is 4.66. The summed E-state index contributed by atoms with van der Waals surface area (Å²) < 4.78 is 3.03. The van der Waals surface area contributed by atoms with E-state index >= 15 is 0 Å². The Kier molecular flexibility index (Phi) is 3.80. The molecule has 0 spiro atoms. The Morgan fingerprint density at radius 1 is 1.21 bits per heavy atom. The molecule has 4 heteroatoms. The molecule has 1 N–H and O–H groups in total. The second-order valence-corrected chi connectivity index (χ2v) is 5.67. The van der Waals surface area contributed by atoms with Crippen LogP contribution in [0.1, 0.15) is 27.3 Å². The van der Waals surface area contributed by atoms with Crippen LogP contribution in [-0.2, 0) is 7.05 Å². The molecular formula is C15H17BrN2O. The fourth-order valence-electron chi connectivity index (χ4n) is 2.04. The molecule has 0 saturated heterocycles. The van der Waals surface area contributed by atoms with Crippen molar-refractivity contribution < 1.29 is 4.79 Å². The number of nitrogens with one attached hydrogen (secondary N) is 1. The first-order valence-corrected chi connectivity index (χ1v) is 6.90. The smallest absolute Gasteiger partial charge is 0.257 e. The van der Waals surface area contributed by atoms with Crippen LogP contribution in [0, 0.1) is 20.8 Å². The number of nitrogens with zero attached hydrogens (tertiary/aromatic N) is 1. The molecule has 0 bridgehead atoms. The zero-order valence-corrected chi connectivity index (χ0v) is 13.1. The SMILES string of the molecule is Cc1cc(Br)ccc1NC(=O)c1cc(C)n(C)c1C. The number of amides is 1. The number of aryl methyl sites for hydroxylation is 2. The highest BCUT2D eigenvalue weighted by Crippen LogP contribution is 2.21. The molecule has 2 aromatic rings. The summed E-state index contributed by atoms with van der Waals surface area (Å²) in [6.45, 7) is 5.93. The van der Waals surface area contributed by atoms with E-state index in [0.717, 1.165) is 32.7 Å². The molecule has 0 radical (unpaired) electrons. The number of hydrogen-bond donors (Lipinski definition) is 1. The molecule has 1 heterocycles.